The average Bonchev–Trinajstić information content (AvgIpc) is 2.64. The van der Waals surface area contributed by atoms with E-state index in [2.05, 4.69) is 46.0 Å². The van der Waals surface area contributed by atoms with Gasteiger partial charge in [0.2, 0.25) is 0 Å². The normalized spacial score (nSPS) is 10.9. The fraction of sp³-hybridized carbons (Fsp3) is 0.263. The molecule has 0 aliphatic rings. The van der Waals surface area contributed by atoms with Crippen molar-refractivity contribution in [2.75, 3.05) is 18.8 Å². The van der Waals surface area contributed by atoms with Crippen molar-refractivity contribution in [2.45, 2.75) is 18.4 Å². The third-order valence-corrected chi connectivity index (χ3v) is 4.24. The highest BCUT2D eigenvalue weighted by Gasteiger charge is 1.99. The molecule has 0 aromatic heterocycles. The van der Waals surface area contributed by atoms with Crippen LogP contribution in [0.15, 0.2) is 64.5 Å². The molecular weight excluding hydrogens is 316 g/mol. The SMILES string of the molecule is CCNC(=NCc1cccc(C#N)c1)NCCSc1ccccc1. The first-order valence-corrected chi connectivity index (χ1v) is 8.99. The van der Waals surface area contributed by atoms with Crippen LogP contribution < -0.4 is 10.6 Å². The van der Waals surface area contributed by atoms with Gasteiger partial charge in [0, 0.05) is 23.7 Å². The first-order valence-electron chi connectivity index (χ1n) is 8.01. The van der Waals surface area contributed by atoms with Gasteiger partial charge in [-0.05, 0) is 36.8 Å². The molecule has 0 saturated carbocycles. The van der Waals surface area contributed by atoms with Crippen LogP contribution in [-0.4, -0.2) is 24.8 Å². The Morgan fingerprint density at radius 1 is 1.12 bits per heavy atom. The van der Waals surface area contributed by atoms with E-state index in [4.69, 9.17) is 5.26 Å². The second kappa shape index (κ2) is 10.3. The standard InChI is InChI=1S/C19H22N4S/c1-2-21-19(22-11-12-24-18-9-4-3-5-10-18)23-15-17-8-6-7-16(13-17)14-20/h3-10,13H,2,11-12,15H2,1H3,(H2,21,22,23). The molecule has 0 fully saturated rings. The third-order valence-electron chi connectivity index (χ3n) is 3.23. The zero-order chi connectivity index (χ0) is 17.0. The Morgan fingerprint density at radius 2 is 1.96 bits per heavy atom. The van der Waals surface area contributed by atoms with Crippen LogP contribution in [-0.2, 0) is 6.54 Å². The van der Waals surface area contributed by atoms with E-state index in [9.17, 15) is 0 Å². The molecule has 0 saturated heterocycles. The van der Waals surface area contributed by atoms with Gasteiger partial charge in [0.15, 0.2) is 5.96 Å². The van der Waals surface area contributed by atoms with Crippen LogP contribution in [0.2, 0.25) is 0 Å². The third kappa shape index (κ3) is 6.35. The monoisotopic (exact) mass is 338 g/mol. The summed E-state index contributed by atoms with van der Waals surface area (Å²) in [4.78, 5) is 5.85. The highest BCUT2D eigenvalue weighted by atomic mass is 32.2. The van der Waals surface area contributed by atoms with Crippen LogP contribution in [0.4, 0.5) is 0 Å². The lowest BCUT2D eigenvalue weighted by atomic mass is 10.1. The predicted octanol–water partition coefficient (Wildman–Crippen LogP) is 3.41. The van der Waals surface area contributed by atoms with Crippen LogP contribution in [0.5, 0.6) is 0 Å². The molecule has 2 aromatic carbocycles. The number of benzene rings is 2. The largest absolute Gasteiger partial charge is 0.357 e. The van der Waals surface area contributed by atoms with E-state index in [1.807, 2.05) is 43.0 Å². The summed E-state index contributed by atoms with van der Waals surface area (Å²) < 4.78 is 0. The van der Waals surface area contributed by atoms with Crippen LogP contribution in [0.3, 0.4) is 0 Å². The second-order valence-corrected chi connectivity index (χ2v) is 6.26. The number of aliphatic imine (C=N–C) groups is 1. The number of hydrogen-bond donors (Lipinski definition) is 2. The summed E-state index contributed by atoms with van der Waals surface area (Å²) in [5.41, 5.74) is 1.70. The second-order valence-electron chi connectivity index (χ2n) is 5.10. The van der Waals surface area contributed by atoms with Gasteiger partial charge in [0.05, 0.1) is 18.2 Å². The lowest BCUT2D eigenvalue weighted by molar-refractivity contribution is 0.843. The van der Waals surface area contributed by atoms with E-state index in [-0.39, 0.29) is 0 Å². The van der Waals surface area contributed by atoms with Gasteiger partial charge in [0.25, 0.3) is 0 Å². The Labute approximate surface area is 148 Å². The van der Waals surface area contributed by atoms with Crippen LogP contribution in [0.1, 0.15) is 18.1 Å². The van der Waals surface area contributed by atoms with Crippen LogP contribution in [0, 0.1) is 11.3 Å². The first kappa shape index (κ1) is 17.9. The molecule has 24 heavy (non-hydrogen) atoms. The molecule has 0 spiro atoms. The Balaban J connectivity index is 1.83. The van der Waals surface area contributed by atoms with Crippen molar-refractivity contribution in [3.8, 4) is 6.07 Å². The zero-order valence-electron chi connectivity index (χ0n) is 13.8. The van der Waals surface area contributed by atoms with Gasteiger partial charge < -0.3 is 10.6 Å². The minimum Gasteiger partial charge on any atom is -0.357 e. The maximum absolute atomic E-state index is 8.95. The maximum Gasteiger partial charge on any atom is 0.191 e. The molecule has 2 rings (SSSR count). The summed E-state index contributed by atoms with van der Waals surface area (Å²) in [5.74, 6) is 1.77. The molecule has 124 valence electrons. The van der Waals surface area contributed by atoms with Gasteiger partial charge in [-0.15, -0.1) is 11.8 Å². The van der Waals surface area contributed by atoms with E-state index < -0.39 is 0 Å². The van der Waals surface area contributed by atoms with Gasteiger partial charge in [-0.3, -0.25) is 0 Å². The molecular formula is C19H22N4S. The summed E-state index contributed by atoms with van der Waals surface area (Å²) in [7, 11) is 0. The zero-order valence-corrected chi connectivity index (χ0v) is 14.6. The average molecular weight is 338 g/mol. The number of nitrogens with zero attached hydrogens (tertiary/aromatic N) is 2. The summed E-state index contributed by atoms with van der Waals surface area (Å²) in [6, 6.07) is 20.1. The fourth-order valence-corrected chi connectivity index (χ4v) is 2.90. The molecule has 4 nitrogen and oxygen atoms in total. The van der Waals surface area contributed by atoms with Gasteiger partial charge in [-0.25, -0.2) is 4.99 Å². The quantitative estimate of drug-likeness (QED) is 0.351. The Morgan fingerprint density at radius 3 is 2.71 bits per heavy atom. The molecule has 0 aliphatic carbocycles. The number of nitrogens with one attached hydrogen (secondary N) is 2. The lowest BCUT2D eigenvalue weighted by Gasteiger charge is -2.11. The predicted molar refractivity (Wildman–Crippen MR) is 101 cm³/mol. The van der Waals surface area contributed by atoms with Gasteiger partial charge >= 0.3 is 0 Å². The van der Waals surface area contributed by atoms with Crippen molar-refractivity contribution in [2.24, 2.45) is 4.99 Å². The van der Waals surface area contributed by atoms with Crippen LogP contribution >= 0.6 is 11.8 Å². The lowest BCUT2D eigenvalue weighted by Crippen LogP contribution is -2.38. The number of hydrogen-bond acceptors (Lipinski definition) is 3. The minimum atomic E-state index is 0.552. The molecule has 0 radical (unpaired) electrons. The van der Waals surface area contributed by atoms with E-state index >= 15 is 0 Å². The van der Waals surface area contributed by atoms with Crippen molar-refractivity contribution in [1.82, 2.24) is 10.6 Å². The molecule has 0 heterocycles. The fourth-order valence-electron chi connectivity index (χ4n) is 2.11. The van der Waals surface area contributed by atoms with Crippen molar-refractivity contribution < 1.29 is 0 Å². The smallest absolute Gasteiger partial charge is 0.191 e. The maximum atomic E-state index is 8.95. The molecule has 0 atom stereocenters. The van der Waals surface area contributed by atoms with Crippen molar-refractivity contribution in [1.29, 1.82) is 5.26 Å². The summed E-state index contributed by atoms with van der Waals surface area (Å²) in [6.45, 7) is 4.25. The first-order chi connectivity index (χ1) is 11.8. The highest BCUT2D eigenvalue weighted by Crippen LogP contribution is 2.15. The van der Waals surface area contributed by atoms with Crippen molar-refractivity contribution in [3.05, 3.63) is 65.7 Å². The van der Waals surface area contributed by atoms with Gasteiger partial charge in [-0.2, -0.15) is 5.26 Å². The van der Waals surface area contributed by atoms with Crippen molar-refractivity contribution in [3.63, 3.8) is 0 Å². The Kier molecular flexibility index (Phi) is 7.72. The molecule has 0 bridgehead atoms. The number of guanidine groups is 1. The highest BCUT2D eigenvalue weighted by molar-refractivity contribution is 7.99. The summed E-state index contributed by atoms with van der Waals surface area (Å²) in [5, 5.41) is 15.5. The summed E-state index contributed by atoms with van der Waals surface area (Å²) >= 11 is 1.82. The Hall–Kier alpha value is -2.45. The van der Waals surface area contributed by atoms with Gasteiger partial charge in [0.1, 0.15) is 0 Å². The van der Waals surface area contributed by atoms with Gasteiger partial charge in [-0.1, -0.05) is 30.3 Å². The van der Waals surface area contributed by atoms with E-state index in [1.54, 1.807) is 6.07 Å². The van der Waals surface area contributed by atoms with Crippen molar-refractivity contribution >= 4 is 17.7 Å². The molecule has 2 aromatic rings. The van der Waals surface area contributed by atoms with E-state index in [0.717, 1.165) is 30.4 Å². The van der Waals surface area contributed by atoms with Crippen LogP contribution in [0.25, 0.3) is 0 Å². The number of rotatable bonds is 7. The number of nitriles is 1. The molecule has 5 heteroatoms. The van der Waals surface area contributed by atoms with E-state index in [0.29, 0.717) is 12.1 Å². The molecule has 0 amide bonds. The minimum absolute atomic E-state index is 0.552. The molecule has 2 N–H and O–H groups in total. The molecule has 0 aliphatic heterocycles. The molecule has 0 unspecified atom stereocenters. The Bertz CT molecular complexity index is 692. The number of thioether (sulfide) groups is 1. The summed E-state index contributed by atoms with van der Waals surface area (Å²) in [6.07, 6.45) is 0. The topological polar surface area (TPSA) is 60.2 Å². The van der Waals surface area contributed by atoms with E-state index in [1.165, 1.54) is 4.90 Å².